The van der Waals surface area contributed by atoms with Crippen LogP contribution in [0.1, 0.15) is 15.9 Å². The molecule has 0 aliphatic rings. The lowest BCUT2D eigenvalue weighted by Crippen LogP contribution is -1.91. The summed E-state index contributed by atoms with van der Waals surface area (Å²) in [7, 11) is 0. The second kappa shape index (κ2) is 4.47. The molecular formula is C12H8ClFO2S. The van der Waals surface area contributed by atoms with Gasteiger partial charge in [-0.25, -0.2) is 9.18 Å². The van der Waals surface area contributed by atoms with E-state index >= 15 is 0 Å². The number of thiophene rings is 1. The highest BCUT2D eigenvalue weighted by Crippen LogP contribution is 2.34. The lowest BCUT2D eigenvalue weighted by Gasteiger charge is -2.04. The van der Waals surface area contributed by atoms with Gasteiger partial charge in [-0.15, -0.1) is 11.3 Å². The summed E-state index contributed by atoms with van der Waals surface area (Å²) in [6, 6.07) is 4.40. The molecular weight excluding hydrogens is 263 g/mol. The molecule has 0 bridgehead atoms. The van der Waals surface area contributed by atoms with Crippen molar-refractivity contribution in [1.82, 2.24) is 0 Å². The molecule has 2 rings (SSSR count). The molecule has 0 saturated heterocycles. The fraction of sp³-hybridized carbons (Fsp3) is 0.0833. The van der Waals surface area contributed by atoms with Crippen LogP contribution in [0.4, 0.5) is 4.39 Å². The van der Waals surface area contributed by atoms with Crippen LogP contribution in [0.25, 0.3) is 10.4 Å². The predicted molar refractivity (Wildman–Crippen MR) is 66.4 cm³/mol. The van der Waals surface area contributed by atoms with Crippen LogP contribution >= 0.6 is 22.9 Å². The number of carboxylic acid groups (broad SMARTS) is 1. The molecule has 0 unspecified atom stereocenters. The van der Waals surface area contributed by atoms with E-state index in [1.165, 1.54) is 28.8 Å². The van der Waals surface area contributed by atoms with E-state index in [0.717, 1.165) is 4.88 Å². The molecule has 2 aromatic rings. The molecule has 17 heavy (non-hydrogen) atoms. The number of rotatable bonds is 2. The Morgan fingerprint density at radius 2 is 2.12 bits per heavy atom. The van der Waals surface area contributed by atoms with Gasteiger partial charge in [-0.3, -0.25) is 0 Å². The largest absolute Gasteiger partial charge is 0.478 e. The van der Waals surface area contributed by atoms with Crippen LogP contribution in [0, 0.1) is 12.7 Å². The second-order valence-corrected chi connectivity index (χ2v) is 4.90. The molecule has 1 aromatic heterocycles. The van der Waals surface area contributed by atoms with Gasteiger partial charge in [0, 0.05) is 15.8 Å². The number of carbonyl (C=O) groups is 1. The Morgan fingerprint density at radius 3 is 2.71 bits per heavy atom. The molecule has 0 radical (unpaired) electrons. The zero-order chi connectivity index (χ0) is 12.6. The van der Waals surface area contributed by atoms with Crippen LogP contribution in [-0.4, -0.2) is 11.1 Å². The van der Waals surface area contributed by atoms with Crippen molar-refractivity contribution in [3.05, 3.63) is 45.5 Å². The summed E-state index contributed by atoms with van der Waals surface area (Å²) in [6.45, 7) is 1.64. The first kappa shape index (κ1) is 12.1. The highest BCUT2D eigenvalue weighted by molar-refractivity contribution is 7.14. The minimum atomic E-state index is -0.984. The van der Waals surface area contributed by atoms with Crippen molar-refractivity contribution in [2.75, 3.05) is 0 Å². The molecule has 0 fully saturated rings. The first-order valence-electron chi connectivity index (χ1n) is 4.77. The number of hydrogen-bond donors (Lipinski definition) is 1. The molecule has 0 spiro atoms. The van der Waals surface area contributed by atoms with Crippen molar-refractivity contribution in [1.29, 1.82) is 0 Å². The summed E-state index contributed by atoms with van der Waals surface area (Å²) in [6.07, 6.45) is 0. The molecule has 1 N–H and O–H groups in total. The summed E-state index contributed by atoms with van der Waals surface area (Å²) in [5, 5.41) is 10.6. The predicted octanol–water partition coefficient (Wildman–Crippen LogP) is 4.21. The van der Waals surface area contributed by atoms with Gasteiger partial charge in [0.15, 0.2) is 0 Å². The molecule has 1 aromatic carbocycles. The lowest BCUT2D eigenvalue weighted by atomic mass is 10.1. The van der Waals surface area contributed by atoms with Crippen LogP contribution in [0.15, 0.2) is 23.6 Å². The van der Waals surface area contributed by atoms with E-state index in [1.807, 2.05) is 0 Å². The standard InChI is InChI=1S/C12H8ClFO2S/c1-6-2-8(9(13)4-10(6)14)11-3-7(5-17-11)12(15)16/h2-5H,1H3,(H,15,16). The molecule has 0 atom stereocenters. The molecule has 0 aliphatic heterocycles. The van der Waals surface area contributed by atoms with Crippen LogP contribution in [0.5, 0.6) is 0 Å². The monoisotopic (exact) mass is 270 g/mol. The molecule has 1 heterocycles. The summed E-state index contributed by atoms with van der Waals surface area (Å²) in [4.78, 5) is 11.5. The molecule has 5 heteroatoms. The second-order valence-electron chi connectivity index (χ2n) is 3.59. The number of aryl methyl sites for hydroxylation is 1. The third kappa shape index (κ3) is 2.33. The minimum absolute atomic E-state index is 0.211. The minimum Gasteiger partial charge on any atom is -0.478 e. The Labute approximate surface area is 106 Å². The van der Waals surface area contributed by atoms with Crippen molar-refractivity contribution >= 4 is 28.9 Å². The average molecular weight is 271 g/mol. The van der Waals surface area contributed by atoms with Gasteiger partial charge < -0.3 is 5.11 Å². The van der Waals surface area contributed by atoms with E-state index in [4.69, 9.17) is 16.7 Å². The first-order chi connectivity index (χ1) is 7.99. The smallest absolute Gasteiger partial charge is 0.336 e. The maximum Gasteiger partial charge on any atom is 0.336 e. The van der Waals surface area contributed by atoms with Crippen molar-refractivity contribution < 1.29 is 14.3 Å². The van der Waals surface area contributed by atoms with Crippen molar-refractivity contribution in [3.63, 3.8) is 0 Å². The van der Waals surface area contributed by atoms with E-state index in [-0.39, 0.29) is 16.4 Å². The maximum atomic E-state index is 13.2. The van der Waals surface area contributed by atoms with Crippen molar-refractivity contribution in [3.8, 4) is 10.4 Å². The number of halogens is 2. The number of carboxylic acids is 1. The zero-order valence-corrected chi connectivity index (χ0v) is 10.4. The number of hydrogen-bond acceptors (Lipinski definition) is 2. The Hall–Kier alpha value is -1.39. The third-order valence-electron chi connectivity index (χ3n) is 2.36. The van der Waals surface area contributed by atoms with Gasteiger partial charge in [-0.2, -0.15) is 0 Å². The van der Waals surface area contributed by atoms with Crippen molar-refractivity contribution in [2.45, 2.75) is 6.92 Å². The Morgan fingerprint density at radius 1 is 1.41 bits per heavy atom. The van der Waals surface area contributed by atoms with E-state index in [2.05, 4.69) is 0 Å². The number of benzene rings is 1. The third-order valence-corrected chi connectivity index (χ3v) is 3.64. The molecule has 88 valence electrons. The quantitative estimate of drug-likeness (QED) is 0.887. The summed E-state index contributed by atoms with van der Waals surface area (Å²) < 4.78 is 13.2. The topological polar surface area (TPSA) is 37.3 Å². The van der Waals surface area contributed by atoms with Crippen LogP contribution in [0.3, 0.4) is 0 Å². The molecule has 2 nitrogen and oxygen atoms in total. The van der Waals surface area contributed by atoms with Gasteiger partial charge in [-0.05, 0) is 30.7 Å². The molecule has 0 saturated carbocycles. The first-order valence-corrected chi connectivity index (χ1v) is 6.02. The normalized spacial score (nSPS) is 10.5. The van der Waals surface area contributed by atoms with Gasteiger partial charge in [0.1, 0.15) is 5.82 Å². The highest BCUT2D eigenvalue weighted by atomic mass is 35.5. The summed E-state index contributed by atoms with van der Waals surface area (Å²) >= 11 is 7.22. The van der Waals surface area contributed by atoms with E-state index in [9.17, 15) is 9.18 Å². The van der Waals surface area contributed by atoms with E-state index < -0.39 is 5.97 Å². The lowest BCUT2D eigenvalue weighted by molar-refractivity contribution is 0.0697. The van der Waals surface area contributed by atoms with Crippen LogP contribution in [0.2, 0.25) is 5.02 Å². The van der Waals surface area contributed by atoms with Crippen LogP contribution < -0.4 is 0 Å². The number of aromatic carboxylic acids is 1. The zero-order valence-electron chi connectivity index (χ0n) is 8.83. The SMILES string of the molecule is Cc1cc(-c2cc(C(=O)O)cs2)c(Cl)cc1F. The van der Waals surface area contributed by atoms with Gasteiger partial charge in [-0.1, -0.05) is 11.6 Å². The molecule has 0 aliphatic carbocycles. The summed E-state index contributed by atoms with van der Waals surface area (Å²) in [5.41, 5.74) is 1.35. The Kier molecular flexibility index (Phi) is 3.17. The van der Waals surface area contributed by atoms with Crippen molar-refractivity contribution in [2.24, 2.45) is 0 Å². The van der Waals surface area contributed by atoms with Gasteiger partial charge in [0.25, 0.3) is 0 Å². The summed E-state index contributed by atoms with van der Waals surface area (Å²) in [5.74, 6) is -1.35. The Balaban J connectivity index is 2.52. The molecule has 0 amide bonds. The highest BCUT2D eigenvalue weighted by Gasteiger charge is 2.12. The van der Waals surface area contributed by atoms with Crippen LogP contribution in [-0.2, 0) is 0 Å². The van der Waals surface area contributed by atoms with Gasteiger partial charge in [0.05, 0.1) is 10.6 Å². The average Bonchev–Trinajstić information content (AvgIpc) is 2.72. The maximum absolute atomic E-state index is 13.2. The fourth-order valence-electron chi connectivity index (χ4n) is 1.44. The Bertz CT molecular complexity index is 592. The van der Waals surface area contributed by atoms with E-state index in [0.29, 0.717) is 11.1 Å². The van der Waals surface area contributed by atoms with Gasteiger partial charge >= 0.3 is 5.97 Å². The van der Waals surface area contributed by atoms with Gasteiger partial charge in [0.2, 0.25) is 0 Å². The van der Waals surface area contributed by atoms with E-state index in [1.54, 1.807) is 13.0 Å². The fourth-order valence-corrected chi connectivity index (χ4v) is 2.66.